The average Bonchev–Trinajstić information content (AvgIpc) is 2.96. The van der Waals surface area contributed by atoms with Crippen molar-refractivity contribution in [2.24, 2.45) is 11.8 Å². The van der Waals surface area contributed by atoms with Crippen LogP contribution in [0.15, 0.2) is 18.2 Å². The molecular formula is C19H20FN3O7. The van der Waals surface area contributed by atoms with Gasteiger partial charge in [-0.2, -0.15) is 4.39 Å². The third kappa shape index (κ3) is 4.61. The summed E-state index contributed by atoms with van der Waals surface area (Å²) >= 11 is 0. The molecule has 0 bridgehead atoms. The Labute approximate surface area is 170 Å². The van der Waals surface area contributed by atoms with Crippen molar-refractivity contribution in [1.82, 2.24) is 4.90 Å². The minimum Gasteiger partial charge on any atom is -0.456 e. The number of halogens is 1. The summed E-state index contributed by atoms with van der Waals surface area (Å²) in [5, 5.41) is 13.0. The third-order valence-corrected chi connectivity index (χ3v) is 5.26. The number of ether oxygens (including phenoxy) is 1. The van der Waals surface area contributed by atoms with Crippen LogP contribution in [0.3, 0.4) is 0 Å². The van der Waals surface area contributed by atoms with Gasteiger partial charge in [0.1, 0.15) is 0 Å². The van der Waals surface area contributed by atoms with E-state index in [2.05, 4.69) is 5.32 Å². The molecule has 1 saturated carbocycles. The van der Waals surface area contributed by atoms with Gasteiger partial charge < -0.3 is 10.1 Å². The average molecular weight is 421 g/mol. The minimum atomic E-state index is -1.05. The van der Waals surface area contributed by atoms with Crippen LogP contribution in [0.5, 0.6) is 0 Å². The first-order chi connectivity index (χ1) is 14.3. The van der Waals surface area contributed by atoms with E-state index in [1.54, 1.807) is 0 Å². The van der Waals surface area contributed by atoms with Crippen molar-refractivity contribution in [2.45, 2.75) is 32.1 Å². The van der Waals surface area contributed by atoms with Crippen molar-refractivity contribution < 1.29 is 33.2 Å². The molecule has 2 fully saturated rings. The zero-order chi connectivity index (χ0) is 21.8. The second kappa shape index (κ2) is 8.97. The largest absolute Gasteiger partial charge is 0.456 e. The molecule has 0 unspecified atom stereocenters. The lowest BCUT2D eigenvalue weighted by Crippen LogP contribution is -2.33. The van der Waals surface area contributed by atoms with Crippen molar-refractivity contribution in [3.63, 3.8) is 0 Å². The van der Waals surface area contributed by atoms with Gasteiger partial charge in [-0.1, -0.05) is 12.8 Å². The number of rotatable bonds is 7. The Morgan fingerprint density at radius 3 is 2.43 bits per heavy atom. The maximum absolute atomic E-state index is 13.3. The molecule has 2 atom stereocenters. The Balaban J connectivity index is 1.45. The fraction of sp³-hybridized carbons (Fsp3) is 0.474. The number of nitrogens with one attached hydrogen (secondary N) is 1. The van der Waals surface area contributed by atoms with Crippen LogP contribution < -0.4 is 5.32 Å². The number of anilines is 1. The van der Waals surface area contributed by atoms with Crippen LogP contribution in [0.4, 0.5) is 15.8 Å². The fourth-order valence-corrected chi connectivity index (χ4v) is 3.80. The zero-order valence-corrected chi connectivity index (χ0v) is 16.0. The van der Waals surface area contributed by atoms with Gasteiger partial charge in [-0.3, -0.25) is 34.2 Å². The Bertz CT molecular complexity index is 880. The monoisotopic (exact) mass is 421 g/mol. The molecule has 1 heterocycles. The van der Waals surface area contributed by atoms with Crippen LogP contribution in [0, 0.1) is 27.8 Å². The minimum absolute atomic E-state index is 0.0278. The van der Waals surface area contributed by atoms with Crippen LogP contribution in [-0.4, -0.2) is 46.7 Å². The van der Waals surface area contributed by atoms with E-state index in [1.165, 1.54) is 0 Å². The molecule has 0 radical (unpaired) electrons. The molecule has 0 spiro atoms. The number of fused-ring (bicyclic) bond motifs is 1. The highest BCUT2D eigenvalue weighted by atomic mass is 19.1. The van der Waals surface area contributed by atoms with Gasteiger partial charge in [-0.05, 0) is 25.0 Å². The Kier molecular flexibility index (Phi) is 6.38. The fourth-order valence-electron chi connectivity index (χ4n) is 3.80. The van der Waals surface area contributed by atoms with Gasteiger partial charge in [0.2, 0.25) is 17.6 Å². The van der Waals surface area contributed by atoms with Gasteiger partial charge in [0.05, 0.1) is 23.2 Å². The van der Waals surface area contributed by atoms with Crippen molar-refractivity contribution >= 4 is 35.1 Å². The Morgan fingerprint density at radius 2 is 1.83 bits per heavy atom. The highest BCUT2D eigenvalue weighted by Crippen LogP contribution is 2.37. The van der Waals surface area contributed by atoms with E-state index in [0.717, 1.165) is 35.9 Å². The summed E-state index contributed by atoms with van der Waals surface area (Å²) in [6.45, 7) is -0.771. The molecule has 10 nitrogen and oxygen atoms in total. The number of carbonyl (C=O) groups excluding carboxylic acids is 4. The van der Waals surface area contributed by atoms with Crippen LogP contribution in [-0.2, 0) is 23.9 Å². The Morgan fingerprint density at radius 1 is 1.20 bits per heavy atom. The maximum atomic E-state index is 13.3. The first-order valence-corrected chi connectivity index (χ1v) is 9.52. The maximum Gasteiger partial charge on any atom is 0.308 e. The third-order valence-electron chi connectivity index (χ3n) is 5.26. The molecule has 1 aromatic rings. The lowest BCUT2D eigenvalue weighted by molar-refractivity contribution is -0.387. The van der Waals surface area contributed by atoms with Crippen molar-refractivity contribution in [2.75, 3.05) is 18.5 Å². The van der Waals surface area contributed by atoms with Gasteiger partial charge >= 0.3 is 11.7 Å². The van der Waals surface area contributed by atoms with Crippen molar-refractivity contribution in [3.8, 4) is 0 Å². The van der Waals surface area contributed by atoms with Gasteiger partial charge in [0.25, 0.3) is 5.91 Å². The smallest absolute Gasteiger partial charge is 0.308 e. The summed E-state index contributed by atoms with van der Waals surface area (Å²) in [6, 6.07) is 2.81. The summed E-state index contributed by atoms with van der Waals surface area (Å²) < 4.78 is 18.1. The molecule has 1 aliphatic carbocycles. The first kappa shape index (κ1) is 21.3. The molecule has 30 heavy (non-hydrogen) atoms. The van der Waals surface area contributed by atoms with Gasteiger partial charge in [-0.15, -0.1) is 0 Å². The second-order valence-electron chi connectivity index (χ2n) is 7.21. The molecule has 2 aliphatic rings. The van der Waals surface area contributed by atoms with E-state index in [4.69, 9.17) is 4.74 Å². The SMILES string of the molecule is O=C(COC(=O)CCN1C(=O)[C@H]2CCCC[C@@H]2C1=O)Nc1ccc(F)c([N+](=O)[O-])c1. The number of hydrogen-bond donors (Lipinski definition) is 1. The summed E-state index contributed by atoms with van der Waals surface area (Å²) in [6.07, 6.45) is 2.92. The topological polar surface area (TPSA) is 136 Å². The highest BCUT2D eigenvalue weighted by Gasteiger charge is 2.47. The van der Waals surface area contributed by atoms with Gasteiger partial charge in [-0.25, -0.2) is 0 Å². The highest BCUT2D eigenvalue weighted by molar-refractivity contribution is 6.05. The van der Waals surface area contributed by atoms with E-state index >= 15 is 0 Å². The number of imide groups is 1. The number of likely N-dealkylation sites (tertiary alicyclic amines) is 1. The molecule has 11 heteroatoms. The van der Waals surface area contributed by atoms with Gasteiger partial charge in [0, 0.05) is 18.3 Å². The number of esters is 1. The molecule has 1 aromatic carbocycles. The van der Waals surface area contributed by atoms with E-state index in [9.17, 15) is 33.7 Å². The van der Waals surface area contributed by atoms with Crippen molar-refractivity contribution in [3.05, 3.63) is 34.1 Å². The number of nitrogens with zero attached hydrogens (tertiary/aromatic N) is 2. The molecule has 160 valence electrons. The normalized spacial score (nSPS) is 20.6. The predicted molar refractivity (Wildman–Crippen MR) is 99.4 cm³/mol. The molecular weight excluding hydrogens is 401 g/mol. The standard InChI is InChI=1S/C19H20FN3O7/c20-14-6-5-11(9-15(14)23(28)29)21-16(24)10-30-17(25)7-8-22-18(26)12-3-1-2-4-13(12)19(22)27/h5-6,9,12-13H,1-4,7-8,10H2,(H,21,24)/t12-,13-/m0/s1. The molecule has 1 saturated heterocycles. The molecule has 1 N–H and O–H groups in total. The van der Waals surface area contributed by atoms with Crippen LogP contribution in [0.2, 0.25) is 0 Å². The molecule has 3 amide bonds. The van der Waals surface area contributed by atoms with Crippen LogP contribution in [0.1, 0.15) is 32.1 Å². The zero-order valence-electron chi connectivity index (χ0n) is 16.0. The number of carbonyl (C=O) groups is 4. The number of amides is 3. The number of nitro benzene ring substituents is 1. The first-order valence-electron chi connectivity index (χ1n) is 9.52. The number of benzene rings is 1. The van der Waals surface area contributed by atoms with E-state index in [-0.39, 0.29) is 42.3 Å². The van der Waals surface area contributed by atoms with Crippen LogP contribution >= 0.6 is 0 Å². The molecule has 1 aliphatic heterocycles. The lowest BCUT2D eigenvalue weighted by Gasteiger charge is -2.19. The number of hydrogen-bond acceptors (Lipinski definition) is 7. The summed E-state index contributed by atoms with van der Waals surface area (Å²) in [4.78, 5) is 59.3. The van der Waals surface area contributed by atoms with E-state index < -0.39 is 34.9 Å². The van der Waals surface area contributed by atoms with Gasteiger partial charge in [0.15, 0.2) is 6.61 Å². The summed E-state index contributed by atoms with van der Waals surface area (Å²) in [5.41, 5.74) is -0.828. The van der Waals surface area contributed by atoms with Crippen LogP contribution in [0.25, 0.3) is 0 Å². The molecule has 3 rings (SSSR count). The summed E-state index contributed by atoms with van der Waals surface area (Å²) in [7, 11) is 0. The van der Waals surface area contributed by atoms with Crippen molar-refractivity contribution in [1.29, 1.82) is 0 Å². The second-order valence-corrected chi connectivity index (χ2v) is 7.21. The van der Waals surface area contributed by atoms with E-state index in [0.29, 0.717) is 12.8 Å². The van der Waals surface area contributed by atoms with E-state index in [1.807, 2.05) is 0 Å². The quantitative estimate of drug-likeness (QED) is 0.307. The number of nitro groups is 1. The molecule has 0 aromatic heterocycles. The lowest BCUT2D eigenvalue weighted by atomic mass is 9.81. The predicted octanol–water partition coefficient (Wildman–Crippen LogP) is 1.78. The Hall–Kier alpha value is -3.37. The summed E-state index contributed by atoms with van der Waals surface area (Å²) in [5.74, 6) is -3.70.